The molecule has 2 rings (SSSR count). The van der Waals surface area contributed by atoms with Crippen molar-refractivity contribution >= 4 is 29.8 Å². The van der Waals surface area contributed by atoms with Crippen LogP contribution in [0.3, 0.4) is 0 Å². The summed E-state index contributed by atoms with van der Waals surface area (Å²) >= 11 is 0. The molecule has 18 heavy (non-hydrogen) atoms. The molecule has 0 saturated heterocycles. The molecular formula is C11H12ClN5O. The number of halogens is 1. The van der Waals surface area contributed by atoms with Gasteiger partial charge >= 0.3 is 0 Å². The van der Waals surface area contributed by atoms with Gasteiger partial charge in [-0.25, -0.2) is 15.0 Å². The van der Waals surface area contributed by atoms with Crippen LogP contribution in [0.2, 0.25) is 0 Å². The number of pyridine rings is 1. The van der Waals surface area contributed by atoms with Gasteiger partial charge in [0.2, 0.25) is 5.91 Å². The van der Waals surface area contributed by atoms with E-state index in [1.54, 1.807) is 24.5 Å². The SMILES string of the molecule is CC(=O)Nc1cc(N)c(-c2ccncn2)cn1.Cl. The maximum Gasteiger partial charge on any atom is 0.222 e. The Balaban J connectivity index is 0.00000162. The van der Waals surface area contributed by atoms with Gasteiger partial charge in [0.15, 0.2) is 0 Å². The molecule has 2 aromatic rings. The summed E-state index contributed by atoms with van der Waals surface area (Å²) in [6.45, 7) is 1.41. The fourth-order valence-corrected chi connectivity index (χ4v) is 1.38. The van der Waals surface area contributed by atoms with Crippen molar-refractivity contribution in [1.82, 2.24) is 15.0 Å². The van der Waals surface area contributed by atoms with Crippen molar-refractivity contribution in [3.63, 3.8) is 0 Å². The molecule has 0 saturated carbocycles. The van der Waals surface area contributed by atoms with E-state index in [4.69, 9.17) is 5.73 Å². The number of amides is 1. The van der Waals surface area contributed by atoms with Gasteiger partial charge < -0.3 is 11.1 Å². The maximum atomic E-state index is 10.9. The van der Waals surface area contributed by atoms with Crippen molar-refractivity contribution in [2.75, 3.05) is 11.1 Å². The fraction of sp³-hybridized carbons (Fsp3) is 0.0909. The predicted octanol–water partition coefficient (Wildman–Crippen LogP) is 1.50. The monoisotopic (exact) mass is 265 g/mol. The molecule has 94 valence electrons. The lowest BCUT2D eigenvalue weighted by Crippen LogP contribution is -2.08. The molecule has 0 aliphatic rings. The van der Waals surface area contributed by atoms with E-state index in [2.05, 4.69) is 20.3 Å². The number of aromatic nitrogens is 3. The standard InChI is InChI=1S/C11H11N5O.ClH/c1-7(17)16-11-4-9(12)8(5-14-11)10-2-3-13-6-15-10;/h2-6H,1H3,(H3,12,14,16,17);1H. The molecule has 0 radical (unpaired) electrons. The second-order valence-corrected chi connectivity index (χ2v) is 3.43. The van der Waals surface area contributed by atoms with Gasteiger partial charge in [0, 0.05) is 36.6 Å². The van der Waals surface area contributed by atoms with E-state index in [9.17, 15) is 4.79 Å². The van der Waals surface area contributed by atoms with Crippen molar-refractivity contribution in [3.05, 3.63) is 30.9 Å². The Morgan fingerprint density at radius 1 is 1.39 bits per heavy atom. The van der Waals surface area contributed by atoms with E-state index in [1.165, 1.54) is 13.3 Å². The van der Waals surface area contributed by atoms with E-state index < -0.39 is 0 Å². The molecule has 0 atom stereocenters. The quantitative estimate of drug-likeness (QED) is 0.858. The van der Waals surface area contributed by atoms with E-state index in [0.717, 1.165) is 0 Å². The van der Waals surface area contributed by atoms with Crippen molar-refractivity contribution in [3.8, 4) is 11.3 Å². The molecular weight excluding hydrogens is 254 g/mol. The van der Waals surface area contributed by atoms with Crippen LogP contribution >= 0.6 is 12.4 Å². The number of nitrogens with two attached hydrogens (primary N) is 1. The third-order valence-corrected chi connectivity index (χ3v) is 2.10. The largest absolute Gasteiger partial charge is 0.398 e. The predicted molar refractivity (Wildman–Crippen MR) is 71.2 cm³/mol. The Morgan fingerprint density at radius 3 is 2.72 bits per heavy atom. The van der Waals surface area contributed by atoms with Gasteiger partial charge in [-0.1, -0.05) is 0 Å². The summed E-state index contributed by atoms with van der Waals surface area (Å²) in [5.74, 6) is 0.236. The lowest BCUT2D eigenvalue weighted by Gasteiger charge is -2.06. The van der Waals surface area contributed by atoms with Gasteiger partial charge in [-0.15, -0.1) is 12.4 Å². The first-order valence-corrected chi connectivity index (χ1v) is 4.96. The van der Waals surface area contributed by atoms with Crippen LogP contribution in [0.4, 0.5) is 11.5 Å². The van der Waals surface area contributed by atoms with Crippen LogP contribution in [-0.4, -0.2) is 20.9 Å². The van der Waals surface area contributed by atoms with Gasteiger partial charge in [0.25, 0.3) is 0 Å². The number of nitrogens with one attached hydrogen (secondary N) is 1. The number of rotatable bonds is 2. The highest BCUT2D eigenvalue weighted by Crippen LogP contribution is 2.24. The number of hydrogen-bond donors (Lipinski definition) is 2. The molecule has 6 nitrogen and oxygen atoms in total. The smallest absolute Gasteiger partial charge is 0.222 e. The van der Waals surface area contributed by atoms with Crippen LogP contribution in [0.1, 0.15) is 6.92 Å². The summed E-state index contributed by atoms with van der Waals surface area (Å²) in [6, 6.07) is 3.34. The summed E-state index contributed by atoms with van der Waals surface area (Å²) in [6.07, 6.45) is 4.64. The lowest BCUT2D eigenvalue weighted by atomic mass is 10.1. The third kappa shape index (κ3) is 3.14. The molecule has 0 aromatic carbocycles. The van der Waals surface area contributed by atoms with Crippen molar-refractivity contribution in [2.45, 2.75) is 6.92 Å². The van der Waals surface area contributed by atoms with Crippen molar-refractivity contribution in [1.29, 1.82) is 0 Å². The van der Waals surface area contributed by atoms with Crippen LogP contribution in [0.25, 0.3) is 11.3 Å². The average molecular weight is 266 g/mol. The molecule has 7 heteroatoms. The molecule has 2 aromatic heterocycles. The van der Waals surface area contributed by atoms with Gasteiger partial charge in [0.1, 0.15) is 12.1 Å². The first-order valence-electron chi connectivity index (χ1n) is 4.96. The van der Waals surface area contributed by atoms with Crippen molar-refractivity contribution < 1.29 is 4.79 Å². The van der Waals surface area contributed by atoms with Gasteiger partial charge in [-0.3, -0.25) is 4.79 Å². The van der Waals surface area contributed by atoms with Crippen molar-refractivity contribution in [2.24, 2.45) is 0 Å². The minimum absolute atomic E-state index is 0. The first kappa shape index (κ1) is 13.9. The molecule has 1 amide bonds. The number of nitrogens with zero attached hydrogens (tertiary/aromatic N) is 3. The fourth-order valence-electron chi connectivity index (χ4n) is 1.38. The molecule has 0 unspecified atom stereocenters. The Morgan fingerprint density at radius 2 is 2.17 bits per heavy atom. The first-order chi connectivity index (χ1) is 8.16. The molecule has 0 aliphatic heterocycles. The van der Waals surface area contributed by atoms with Crippen LogP contribution < -0.4 is 11.1 Å². The van der Waals surface area contributed by atoms with Crippen LogP contribution in [0, 0.1) is 0 Å². The Kier molecular flexibility index (Phi) is 4.56. The number of hydrogen-bond acceptors (Lipinski definition) is 5. The van der Waals surface area contributed by atoms with E-state index in [1.807, 2.05) is 0 Å². The average Bonchev–Trinajstić information content (AvgIpc) is 2.29. The molecule has 3 N–H and O–H groups in total. The summed E-state index contributed by atoms with van der Waals surface area (Å²) in [4.78, 5) is 22.9. The lowest BCUT2D eigenvalue weighted by molar-refractivity contribution is -0.114. The second-order valence-electron chi connectivity index (χ2n) is 3.43. The Hall–Kier alpha value is -2.21. The zero-order valence-corrected chi connectivity index (χ0v) is 10.4. The minimum Gasteiger partial charge on any atom is -0.398 e. The highest BCUT2D eigenvalue weighted by Gasteiger charge is 2.06. The van der Waals surface area contributed by atoms with Crippen LogP contribution in [-0.2, 0) is 4.79 Å². The number of carbonyl (C=O) groups excluding carboxylic acids is 1. The number of nitrogen functional groups attached to an aromatic ring is 1. The van der Waals surface area contributed by atoms with E-state index in [0.29, 0.717) is 22.8 Å². The maximum absolute atomic E-state index is 10.9. The zero-order chi connectivity index (χ0) is 12.3. The summed E-state index contributed by atoms with van der Waals surface area (Å²) in [5.41, 5.74) is 7.78. The van der Waals surface area contributed by atoms with Crippen LogP contribution in [0.15, 0.2) is 30.9 Å². The summed E-state index contributed by atoms with van der Waals surface area (Å²) in [7, 11) is 0. The number of anilines is 2. The number of carbonyl (C=O) groups is 1. The Bertz CT molecular complexity index is 546. The van der Waals surface area contributed by atoms with Gasteiger partial charge in [-0.2, -0.15) is 0 Å². The highest BCUT2D eigenvalue weighted by atomic mass is 35.5. The molecule has 2 heterocycles. The van der Waals surface area contributed by atoms with E-state index in [-0.39, 0.29) is 18.3 Å². The Labute approximate surface area is 110 Å². The molecule has 0 spiro atoms. The highest BCUT2D eigenvalue weighted by molar-refractivity contribution is 5.89. The molecule has 0 fully saturated rings. The minimum atomic E-state index is -0.188. The van der Waals surface area contributed by atoms with E-state index >= 15 is 0 Å². The zero-order valence-electron chi connectivity index (χ0n) is 9.62. The summed E-state index contributed by atoms with van der Waals surface area (Å²) in [5, 5.41) is 2.56. The van der Waals surface area contributed by atoms with Gasteiger partial charge in [-0.05, 0) is 6.07 Å². The molecule has 0 bridgehead atoms. The third-order valence-electron chi connectivity index (χ3n) is 2.10. The topological polar surface area (TPSA) is 93.8 Å². The second kappa shape index (κ2) is 5.92. The molecule has 0 aliphatic carbocycles. The van der Waals surface area contributed by atoms with Crippen LogP contribution in [0.5, 0.6) is 0 Å². The summed E-state index contributed by atoms with van der Waals surface area (Å²) < 4.78 is 0. The van der Waals surface area contributed by atoms with Gasteiger partial charge in [0.05, 0.1) is 5.69 Å². The normalized spacial score (nSPS) is 9.39.